The number of esters is 1. The lowest BCUT2D eigenvalue weighted by Gasteiger charge is -2.42. The molecule has 6 heteroatoms. The predicted molar refractivity (Wildman–Crippen MR) is 151 cm³/mol. The number of rotatable bonds is 9. The number of likely N-dealkylation sites (N-methyl/N-ethyl adjacent to an activating group) is 1. The van der Waals surface area contributed by atoms with E-state index in [-0.39, 0.29) is 12.0 Å². The number of ether oxygens (including phenoxy) is 1. The van der Waals surface area contributed by atoms with E-state index in [9.17, 15) is 4.79 Å². The van der Waals surface area contributed by atoms with Crippen molar-refractivity contribution in [3.05, 3.63) is 59.8 Å². The van der Waals surface area contributed by atoms with Gasteiger partial charge < -0.3 is 19.1 Å². The van der Waals surface area contributed by atoms with E-state index in [2.05, 4.69) is 62.9 Å². The first kappa shape index (κ1) is 32.2. The minimum atomic E-state index is -0.836. The van der Waals surface area contributed by atoms with Crippen molar-refractivity contribution < 1.29 is 13.7 Å². The second kappa shape index (κ2) is 16.8. The van der Waals surface area contributed by atoms with Crippen molar-refractivity contribution in [3.63, 3.8) is 0 Å². The van der Waals surface area contributed by atoms with Gasteiger partial charge in [0.05, 0.1) is 7.11 Å². The Balaban J connectivity index is 0.000000836. The van der Waals surface area contributed by atoms with Crippen molar-refractivity contribution >= 4 is 16.3 Å². The van der Waals surface area contributed by atoms with E-state index in [0.29, 0.717) is 4.75 Å². The van der Waals surface area contributed by atoms with Gasteiger partial charge in [0, 0.05) is 25.1 Å². The Morgan fingerprint density at radius 1 is 1.06 bits per heavy atom. The maximum Gasteiger partial charge on any atom is 0.332 e. The molecule has 0 aliphatic carbocycles. The third-order valence-electron chi connectivity index (χ3n) is 5.89. The van der Waals surface area contributed by atoms with E-state index in [1.165, 1.54) is 18.2 Å². The van der Waals surface area contributed by atoms with Crippen LogP contribution in [0, 0.1) is 0 Å². The van der Waals surface area contributed by atoms with Crippen LogP contribution in [0.15, 0.2) is 54.3 Å². The highest BCUT2D eigenvalue weighted by Crippen LogP contribution is 2.52. The highest BCUT2D eigenvalue weighted by Gasteiger charge is 2.27. The smallest absolute Gasteiger partial charge is 0.332 e. The summed E-state index contributed by atoms with van der Waals surface area (Å²) in [5.74, 6) is -0.221. The van der Waals surface area contributed by atoms with Crippen molar-refractivity contribution in [2.24, 2.45) is 0 Å². The summed E-state index contributed by atoms with van der Waals surface area (Å²) < 4.78 is 10.5. The summed E-state index contributed by atoms with van der Waals surface area (Å²) in [4.78, 5) is 13.5. The quantitative estimate of drug-likeness (QED) is 0.339. The fraction of sp³-hybridized carbons (Fsp3) is 0.607. The Bertz CT molecular complexity index is 740. The van der Waals surface area contributed by atoms with Crippen LogP contribution in [0.5, 0.6) is 0 Å². The molecule has 0 bridgehead atoms. The minimum absolute atomic E-state index is 0.221. The first-order valence-electron chi connectivity index (χ1n) is 12.2. The summed E-state index contributed by atoms with van der Waals surface area (Å²) in [6.45, 7) is 12.6. The molecule has 1 atom stereocenters. The molecule has 1 aromatic carbocycles. The summed E-state index contributed by atoms with van der Waals surface area (Å²) in [5.41, 5.74) is 2.62. The number of nitrogens with zero attached hydrogens (tertiary/aromatic N) is 1. The van der Waals surface area contributed by atoms with E-state index < -0.39 is 10.3 Å². The second-order valence-electron chi connectivity index (χ2n) is 9.30. The third kappa shape index (κ3) is 12.1. The Morgan fingerprint density at radius 3 is 2.15 bits per heavy atom. The van der Waals surface area contributed by atoms with Crippen LogP contribution in [0.2, 0.25) is 0 Å². The molecule has 0 spiro atoms. The van der Waals surface area contributed by atoms with Crippen LogP contribution in [0.4, 0.5) is 0 Å². The van der Waals surface area contributed by atoms with Gasteiger partial charge in [-0.25, -0.2) is 4.79 Å². The van der Waals surface area contributed by atoms with Crippen molar-refractivity contribution in [2.75, 3.05) is 46.9 Å². The average molecular weight is 495 g/mol. The van der Waals surface area contributed by atoms with Gasteiger partial charge in [-0.1, -0.05) is 77.1 Å². The number of nitrogens with one attached hydrogen (secondary N) is 1. The molecule has 0 fully saturated rings. The van der Waals surface area contributed by atoms with Gasteiger partial charge in [-0.3, -0.25) is 0 Å². The highest BCUT2D eigenvalue weighted by molar-refractivity contribution is 8.29. The van der Waals surface area contributed by atoms with Crippen LogP contribution in [-0.4, -0.2) is 68.5 Å². The largest absolute Gasteiger partial charge is 0.467 e. The zero-order chi connectivity index (χ0) is 26.2. The van der Waals surface area contributed by atoms with Crippen LogP contribution in [0.3, 0.4) is 0 Å². The standard InChI is InChI=1S/C19H26N2O2.C7H18OS.C2H6/c1-21-15-17(10-11-18(21)19(22)23-2)9-6-13-20-14-12-16-7-4-3-5-8-16;1-7(2,3)9(5,6)8-4;1-2/h3-5,7-8,10-11,15,18,20H,6,9,12-14H2,1-2H3;1-6H3;1-2H3. The number of allylic oxidation sites excluding steroid dienone is 2. The average Bonchev–Trinajstić information content (AvgIpc) is 2.82. The van der Waals surface area contributed by atoms with Gasteiger partial charge in [0.25, 0.3) is 0 Å². The molecule has 0 saturated carbocycles. The lowest BCUT2D eigenvalue weighted by molar-refractivity contribution is -0.143. The monoisotopic (exact) mass is 494 g/mol. The number of benzene rings is 1. The van der Waals surface area contributed by atoms with Gasteiger partial charge in [-0.2, -0.15) is 0 Å². The van der Waals surface area contributed by atoms with Crippen molar-refractivity contribution in [3.8, 4) is 0 Å². The van der Waals surface area contributed by atoms with Crippen LogP contribution < -0.4 is 5.32 Å². The van der Waals surface area contributed by atoms with E-state index >= 15 is 0 Å². The molecule has 2 rings (SSSR count). The van der Waals surface area contributed by atoms with Gasteiger partial charge in [0.1, 0.15) is 6.04 Å². The van der Waals surface area contributed by atoms with Crippen molar-refractivity contribution in [1.29, 1.82) is 0 Å². The maximum absolute atomic E-state index is 11.6. The molecule has 0 radical (unpaired) electrons. The third-order valence-corrected chi connectivity index (χ3v) is 9.67. The first-order chi connectivity index (χ1) is 16.0. The molecule has 0 saturated heterocycles. The van der Waals surface area contributed by atoms with Crippen molar-refractivity contribution in [2.45, 2.75) is 64.7 Å². The van der Waals surface area contributed by atoms with Crippen molar-refractivity contribution in [1.82, 2.24) is 10.2 Å². The van der Waals surface area contributed by atoms with Gasteiger partial charge in [-0.05, 0) is 56.0 Å². The number of carbonyl (C=O) groups is 1. The lowest BCUT2D eigenvalue weighted by Crippen LogP contribution is -2.36. The molecule has 0 aromatic heterocycles. The van der Waals surface area contributed by atoms with Crippen LogP contribution in [0.25, 0.3) is 0 Å². The molecule has 1 N–H and O–H groups in total. The van der Waals surface area contributed by atoms with Crippen LogP contribution in [-0.2, 0) is 20.1 Å². The Morgan fingerprint density at radius 2 is 1.68 bits per heavy atom. The zero-order valence-electron chi connectivity index (χ0n) is 23.3. The number of hydrogen-bond acceptors (Lipinski definition) is 5. The zero-order valence-corrected chi connectivity index (χ0v) is 24.1. The maximum atomic E-state index is 11.6. The Kier molecular flexibility index (Phi) is 15.9. The summed E-state index contributed by atoms with van der Waals surface area (Å²) >= 11 is 0. The molecule has 5 nitrogen and oxygen atoms in total. The predicted octanol–water partition coefficient (Wildman–Crippen LogP) is 5.96. The van der Waals surface area contributed by atoms with Gasteiger partial charge in [-0.15, -0.1) is 10.3 Å². The van der Waals surface area contributed by atoms with Crippen LogP contribution in [0.1, 0.15) is 53.0 Å². The molecule has 0 amide bonds. The molecule has 1 unspecified atom stereocenters. The van der Waals surface area contributed by atoms with Crippen LogP contribution >= 0.6 is 10.3 Å². The lowest BCUT2D eigenvalue weighted by atomic mass is 10.1. The topological polar surface area (TPSA) is 50.8 Å². The molecular weight excluding hydrogens is 444 g/mol. The summed E-state index contributed by atoms with van der Waals surface area (Å²) in [6.07, 6.45) is 13.5. The summed E-state index contributed by atoms with van der Waals surface area (Å²) in [6, 6.07) is 10.2. The fourth-order valence-electron chi connectivity index (χ4n) is 2.92. The molecule has 196 valence electrons. The van der Waals surface area contributed by atoms with E-state index in [1.54, 1.807) is 7.11 Å². The van der Waals surface area contributed by atoms with E-state index in [4.69, 9.17) is 8.92 Å². The first-order valence-corrected chi connectivity index (χ1v) is 14.6. The van der Waals surface area contributed by atoms with Gasteiger partial charge in [0.15, 0.2) is 0 Å². The molecule has 1 aliphatic heterocycles. The number of hydrogen-bond donors (Lipinski definition) is 1. The fourth-order valence-corrected chi connectivity index (χ4v) is 3.42. The van der Waals surface area contributed by atoms with E-state index in [0.717, 1.165) is 32.4 Å². The second-order valence-corrected chi connectivity index (χ2v) is 13.3. The summed E-state index contributed by atoms with van der Waals surface area (Å²) in [5, 5.41) is 3.48. The highest BCUT2D eigenvalue weighted by atomic mass is 32.3. The molecular formula is C28H50N2O3S. The SMILES string of the molecule is CC.COC(=O)C1C=CC(CCCNCCc2ccccc2)=CN1C.COS(C)(C)C(C)(C)C. The molecule has 1 aliphatic rings. The molecule has 34 heavy (non-hydrogen) atoms. The normalized spacial score (nSPS) is 15.9. The minimum Gasteiger partial charge on any atom is -0.467 e. The van der Waals surface area contributed by atoms with E-state index in [1.807, 2.05) is 50.2 Å². The molecule has 1 heterocycles. The summed E-state index contributed by atoms with van der Waals surface area (Å²) in [7, 11) is 4.28. The number of methoxy groups -OCH3 is 1. The van der Waals surface area contributed by atoms with Gasteiger partial charge in [0.2, 0.25) is 0 Å². The Labute approximate surface area is 211 Å². The Hall–Kier alpha value is -1.76. The van der Waals surface area contributed by atoms with Gasteiger partial charge >= 0.3 is 5.97 Å². The molecule has 1 aromatic rings. The number of carbonyl (C=O) groups excluding carboxylic acids is 1.